The molecule has 0 saturated heterocycles. The maximum absolute atomic E-state index is 11.9. The fraction of sp³-hybridized carbons (Fsp3) is 0.250. The lowest BCUT2D eigenvalue weighted by Crippen LogP contribution is -2.38. The molecular weight excluding hydrogens is 280 g/mol. The van der Waals surface area contributed by atoms with E-state index in [1.54, 1.807) is 13.1 Å². The molecule has 0 aromatic carbocycles. The second-order valence-corrected chi connectivity index (χ2v) is 5.56. The monoisotopic (exact) mass is 294 g/mol. The molecule has 8 heteroatoms. The van der Waals surface area contributed by atoms with Crippen molar-refractivity contribution in [3.63, 3.8) is 0 Å². The molecule has 2 aromatic rings. The van der Waals surface area contributed by atoms with Gasteiger partial charge in [-0.2, -0.15) is 0 Å². The molecule has 0 aliphatic carbocycles. The first kappa shape index (κ1) is 14.2. The number of rotatable bonds is 3. The van der Waals surface area contributed by atoms with E-state index in [0.29, 0.717) is 4.88 Å². The fourth-order valence-electron chi connectivity index (χ4n) is 1.79. The number of amides is 1. The van der Waals surface area contributed by atoms with E-state index in [4.69, 9.17) is 5.84 Å². The van der Waals surface area contributed by atoms with E-state index in [1.807, 2.05) is 6.92 Å². The van der Waals surface area contributed by atoms with Crippen molar-refractivity contribution in [3.8, 4) is 0 Å². The first-order valence-electron chi connectivity index (χ1n) is 5.80. The third-order valence-electron chi connectivity index (χ3n) is 2.94. The number of nitrogen functional groups attached to an aromatic ring is 1. The highest BCUT2D eigenvalue weighted by Crippen LogP contribution is 2.21. The number of carbonyl (C=O) groups is 1. The summed E-state index contributed by atoms with van der Waals surface area (Å²) in [7, 11) is 1.58. The van der Waals surface area contributed by atoms with E-state index in [2.05, 4.69) is 5.43 Å². The van der Waals surface area contributed by atoms with Crippen LogP contribution < -0.4 is 22.5 Å². The predicted octanol–water partition coefficient (Wildman–Crippen LogP) is -0.431. The van der Waals surface area contributed by atoms with Crippen molar-refractivity contribution in [1.82, 2.24) is 14.6 Å². The third-order valence-corrected chi connectivity index (χ3v) is 4.03. The Morgan fingerprint density at radius 1 is 1.45 bits per heavy atom. The van der Waals surface area contributed by atoms with E-state index in [-0.39, 0.29) is 12.1 Å². The Morgan fingerprint density at radius 3 is 2.80 bits per heavy atom. The molecule has 0 atom stereocenters. The molecule has 1 amide bonds. The molecule has 0 aliphatic rings. The molecule has 0 spiro atoms. The first-order valence-corrected chi connectivity index (χ1v) is 6.62. The zero-order valence-electron chi connectivity index (χ0n) is 11.0. The number of nitrogens with one attached hydrogen (secondary N) is 1. The molecule has 0 unspecified atom stereocenters. The maximum atomic E-state index is 11.9. The summed E-state index contributed by atoms with van der Waals surface area (Å²) in [5.41, 5.74) is 2.04. The van der Waals surface area contributed by atoms with Crippen LogP contribution >= 0.6 is 11.3 Å². The van der Waals surface area contributed by atoms with Crippen LogP contribution in [0.15, 0.2) is 27.9 Å². The second-order valence-electron chi connectivity index (χ2n) is 4.30. The van der Waals surface area contributed by atoms with Gasteiger partial charge in [-0.1, -0.05) is 0 Å². The summed E-state index contributed by atoms with van der Waals surface area (Å²) in [5.74, 6) is 4.69. The van der Waals surface area contributed by atoms with Gasteiger partial charge in [0.05, 0.1) is 11.4 Å². The SMILES string of the molecule is Cc1sc(C(=O)NN)cc1Cn1c(=O)ccn(C)c1=O. The second kappa shape index (κ2) is 5.43. The van der Waals surface area contributed by atoms with E-state index in [0.717, 1.165) is 15.0 Å². The van der Waals surface area contributed by atoms with Gasteiger partial charge in [-0.3, -0.25) is 19.6 Å². The van der Waals surface area contributed by atoms with Gasteiger partial charge in [0, 0.05) is 24.2 Å². The van der Waals surface area contributed by atoms with E-state index in [1.165, 1.54) is 28.2 Å². The van der Waals surface area contributed by atoms with Crippen LogP contribution in [0, 0.1) is 6.92 Å². The van der Waals surface area contributed by atoms with Gasteiger partial charge in [0.1, 0.15) is 0 Å². The summed E-state index contributed by atoms with van der Waals surface area (Å²) in [6, 6.07) is 2.97. The Hall–Kier alpha value is -2.19. The normalized spacial score (nSPS) is 10.6. The molecule has 20 heavy (non-hydrogen) atoms. The van der Waals surface area contributed by atoms with Crippen LogP contribution in [0.4, 0.5) is 0 Å². The minimum atomic E-state index is -0.395. The molecule has 0 saturated carbocycles. The number of aryl methyl sites for hydroxylation is 2. The van der Waals surface area contributed by atoms with Crippen molar-refractivity contribution in [2.75, 3.05) is 0 Å². The number of aromatic nitrogens is 2. The lowest BCUT2D eigenvalue weighted by Gasteiger charge is -2.05. The quantitative estimate of drug-likeness (QED) is 0.456. The van der Waals surface area contributed by atoms with E-state index in [9.17, 15) is 14.4 Å². The Morgan fingerprint density at radius 2 is 2.15 bits per heavy atom. The van der Waals surface area contributed by atoms with Gasteiger partial charge < -0.3 is 4.57 Å². The average Bonchev–Trinajstić information content (AvgIpc) is 2.79. The minimum Gasteiger partial charge on any atom is -0.303 e. The predicted molar refractivity (Wildman–Crippen MR) is 75.8 cm³/mol. The van der Waals surface area contributed by atoms with E-state index < -0.39 is 11.6 Å². The fourth-order valence-corrected chi connectivity index (χ4v) is 2.73. The van der Waals surface area contributed by atoms with Crippen molar-refractivity contribution >= 4 is 17.2 Å². The van der Waals surface area contributed by atoms with Crippen LogP contribution in [-0.2, 0) is 13.6 Å². The van der Waals surface area contributed by atoms with Crippen LogP contribution in [0.1, 0.15) is 20.1 Å². The molecule has 2 heterocycles. The molecule has 2 rings (SSSR count). The number of nitrogens with zero attached hydrogens (tertiary/aromatic N) is 2. The lowest BCUT2D eigenvalue weighted by atomic mass is 10.2. The average molecular weight is 294 g/mol. The molecule has 7 nitrogen and oxygen atoms in total. The Kier molecular flexibility index (Phi) is 3.86. The summed E-state index contributed by atoms with van der Waals surface area (Å²) in [6.45, 7) is 1.96. The number of carbonyl (C=O) groups excluding carboxylic acids is 1. The van der Waals surface area contributed by atoms with Crippen LogP contribution in [0.25, 0.3) is 0 Å². The maximum Gasteiger partial charge on any atom is 0.331 e. The van der Waals surface area contributed by atoms with Crippen molar-refractivity contribution in [2.45, 2.75) is 13.5 Å². The largest absolute Gasteiger partial charge is 0.331 e. The van der Waals surface area contributed by atoms with Gasteiger partial charge in [0.15, 0.2) is 0 Å². The Labute approximate surface area is 118 Å². The van der Waals surface area contributed by atoms with Gasteiger partial charge in [0.25, 0.3) is 11.5 Å². The first-order chi connectivity index (χ1) is 9.43. The number of hydrogen-bond acceptors (Lipinski definition) is 5. The lowest BCUT2D eigenvalue weighted by molar-refractivity contribution is 0.0957. The topological polar surface area (TPSA) is 99.1 Å². The standard InChI is InChI=1S/C12H14N4O3S/c1-7-8(5-9(20-7)11(18)14-13)6-16-10(17)3-4-15(2)12(16)19/h3-5H,6,13H2,1-2H3,(H,14,18). The number of hydrazine groups is 1. The highest BCUT2D eigenvalue weighted by molar-refractivity contribution is 7.14. The molecular formula is C12H14N4O3S. The van der Waals surface area contributed by atoms with Crippen molar-refractivity contribution in [3.05, 3.63) is 54.5 Å². The molecule has 0 radical (unpaired) electrons. The van der Waals surface area contributed by atoms with Crippen LogP contribution in [0.5, 0.6) is 0 Å². The third kappa shape index (κ3) is 2.56. The summed E-state index contributed by atoms with van der Waals surface area (Å²) in [4.78, 5) is 36.5. The number of thiophene rings is 1. The zero-order chi connectivity index (χ0) is 14.9. The van der Waals surface area contributed by atoms with E-state index >= 15 is 0 Å². The number of nitrogens with two attached hydrogens (primary N) is 1. The van der Waals surface area contributed by atoms with Gasteiger partial charge in [-0.25, -0.2) is 10.6 Å². The van der Waals surface area contributed by atoms with Crippen molar-refractivity contribution in [1.29, 1.82) is 0 Å². The summed E-state index contributed by atoms with van der Waals surface area (Å²) < 4.78 is 2.45. The highest BCUT2D eigenvalue weighted by atomic mass is 32.1. The molecule has 106 valence electrons. The molecule has 2 aromatic heterocycles. The van der Waals surface area contributed by atoms with Crippen molar-refractivity contribution < 1.29 is 4.79 Å². The number of hydrogen-bond donors (Lipinski definition) is 2. The van der Waals surface area contributed by atoms with Gasteiger partial charge >= 0.3 is 5.69 Å². The van der Waals surface area contributed by atoms with Gasteiger partial charge in [-0.05, 0) is 18.6 Å². The Balaban J connectivity index is 2.44. The van der Waals surface area contributed by atoms with Crippen LogP contribution in [-0.4, -0.2) is 15.0 Å². The summed E-state index contributed by atoms with van der Waals surface area (Å²) >= 11 is 1.27. The van der Waals surface area contributed by atoms with Crippen LogP contribution in [0.3, 0.4) is 0 Å². The summed E-state index contributed by atoms with van der Waals surface area (Å²) in [6.07, 6.45) is 1.43. The highest BCUT2D eigenvalue weighted by Gasteiger charge is 2.13. The smallest absolute Gasteiger partial charge is 0.303 e. The zero-order valence-corrected chi connectivity index (χ0v) is 11.9. The molecule has 0 aliphatic heterocycles. The van der Waals surface area contributed by atoms with Gasteiger partial charge in [0.2, 0.25) is 0 Å². The summed E-state index contributed by atoms with van der Waals surface area (Å²) in [5, 5.41) is 0. The Bertz CT molecular complexity index is 772. The van der Waals surface area contributed by atoms with Gasteiger partial charge in [-0.15, -0.1) is 11.3 Å². The van der Waals surface area contributed by atoms with Crippen LogP contribution in [0.2, 0.25) is 0 Å². The molecule has 0 fully saturated rings. The minimum absolute atomic E-state index is 0.131. The molecule has 3 N–H and O–H groups in total. The van der Waals surface area contributed by atoms with Crippen molar-refractivity contribution in [2.24, 2.45) is 12.9 Å². The molecule has 0 bridgehead atoms.